The average Bonchev–Trinajstić information content (AvgIpc) is 3.08. The Labute approximate surface area is 172 Å². The molecule has 0 aliphatic rings. The first-order chi connectivity index (χ1) is 13.9. The number of benzene rings is 1. The third kappa shape index (κ3) is 7.88. The predicted molar refractivity (Wildman–Crippen MR) is 111 cm³/mol. The molecule has 1 aromatic carbocycles. The van der Waals surface area contributed by atoms with Crippen molar-refractivity contribution >= 4 is 45.8 Å². The Kier molecular flexibility index (Phi) is 8.56. The third-order valence-corrected chi connectivity index (χ3v) is 4.37. The topological polar surface area (TPSA) is 119 Å². The number of nitrogens with one attached hydrogen (secondary N) is 3. The molecule has 0 fully saturated rings. The molecule has 0 atom stereocenters. The minimum absolute atomic E-state index is 0.0603. The molecule has 0 aliphatic carbocycles. The highest BCUT2D eigenvalue weighted by molar-refractivity contribution is 7.13. The zero-order chi connectivity index (χ0) is 21.2. The summed E-state index contributed by atoms with van der Waals surface area (Å²) in [5, 5.41) is 10.2. The molecule has 0 saturated carbocycles. The summed E-state index contributed by atoms with van der Waals surface area (Å²) in [6, 6.07) is 6.69. The van der Waals surface area contributed by atoms with E-state index in [1.807, 2.05) is 0 Å². The lowest BCUT2D eigenvalue weighted by molar-refractivity contribution is -0.119. The number of hydrogen-bond donors (Lipinski definition) is 3. The summed E-state index contributed by atoms with van der Waals surface area (Å²) in [5.74, 6) is -0.541. The van der Waals surface area contributed by atoms with Gasteiger partial charge in [0.25, 0.3) is 0 Å². The number of nitrogens with zero attached hydrogens (tertiary/aromatic N) is 1. The number of amides is 3. The summed E-state index contributed by atoms with van der Waals surface area (Å²) in [4.78, 5) is 39.9. The minimum Gasteiger partial charge on any atom is -0.447 e. The second kappa shape index (κ2) is 11.1. The first-order valence-electron chi connectivity index (χ1n) is 8.95. The van der Waals surface area contributed by atoms with Gasteiger partial charge < -0.3 is 20.1 Å². The van der Waals surface area contributed by atoms with Crippen LogP contribution in [0.25, 0.3) is 0 Å². The van der Waals surface area contributed by atoms with E-state index < -0.39 is 6.09 Å². The van der Waals surface area contributed by atoms with Gasteiger partial charge in [0, 0.05) is 29.8 Å². The van der Waals surface area contributed by atoms with Gasteiger partial charge in [-0.05, 0) is 18.2 Å². The molecule has 10 heteroatoms. The number of anilines is 3. The fourth-order valence-electron chi connectivity index (χ4n) is 2.11. The number of methoxy groups -OCH3 is 1. The van der Waals surface area contributed by atoms with Crippen LogP contribution in [0, 0.1) is 5.92 Å². The highest BCUT2D eigenvalue weighted by Gasteiger charge is 2.12. The molecule has 1 aromatic heterocycles. The summed E-state index contributed by atoms with van der Waals surface area (Å²) in [7, 11) is 1.52. The van der Waals surface area contributed by atoms with Crippen LogP contribution in [0.3, 0.4) is 0 Å². The maximum absolute atomic E-state index is 12.3. The smallest absolute Gasteiger partial charge is 0.411 e. The van der Waals surface area contributed by atoms with Crippen molar-refractivity contribution in [3.8, 4) is 0 Å². The minimum atomic E-state index is -0.607. The third-order valence-electron chi connectivity index (χ3n) is 3.56. The lowest BCUT2D eigenvalue weighted by Gasteiger charge is -2.09. The van der Waals surface area contributed by atoms with Crippen LogP contribution in [0.15, 0.2) is 29.6 Å². The van der Waals surface area contributed by atoms with Crippen molar-refractivity contribution in [3.05, 3.63) is 35.3 Å². The monoisotopic (exact) mass is 420 g/mol. The van der Waals surface area contributed by atoms with E-state index in [-0.39, 0.29) is 30.8 Å². The van der Waals surface area contributed by atoms with E-state index in [1.54, 1.807) is 43.5 Å². The van der Waals surface area contributed by atoms with Gasteiger partial charge in [-0.15, -0.1) is 11.3 Å². The number of carbonyl (C=O) groups excluding carboxylic acids is 3. The summed E-state index contributed by atoms with van der Waals surface area (Å²) in [6.45, 7) is 4.04. The van der Waals surface area contributed by atoms with Gasteiger partial charge >= 0.3 is 6.09 Å². The van der Waals surface area contributed by atoms with Crippen molar-refractivity contribution in [2.75, 3.05) is 36.3 Å². The zero-order valence-corrected chi connectivity index (χ0v) is 17.3. The second-order valence-electron chi connectivity index (χ2n) is 6.35. The van der Waals surface area contributed by atoms with Gasteiger partial charge in [-0.1, -0.05) is 19.9 Å². The molecule has 3 N–H and O–H groups in total. The molecule has 0 aliphatic heterocycles. The number of hydrogen-bond acceptors (Lipinski definition) is 7. The van der Waals surface area contributed by atoms with Crippen LogP contribution in [-0.2, 0) is 25.5 Å². The highest BCUT2D eigenvalue weighted by atomic mass is 32.1. The highest BCUT2D eigenvalue weighted by Crippen LogP contribution is 2.18. The summed E-state index contributed by atoms with van der Waals surface area (Å²) < 4.78 is 9.74. The molecule has 0 saturated heterocycles. The number of thiazole rings is 1. The quantitative estimate of drug-likeness (QED) is 0.537. The fraction of sp³-hybridized carbons (Fsp3) is 0.368. The standard InChI is InChI=1S/C19H24N4O5S/c1-12(2)17(25)23-18-21-15(11-29-18)10-16(24)20-13-5-4-6-14(9-13)22-19(26)28-8-7-27-3/h4-6,9,11-12H,7-8,10H2,1-3H3,(H,20,24)(H,22,26)(H,21,23,25). The van der Waals surface area contributed by atoms with E-state index in [2.05, 4.69) is 20.9 Å². The Bertz CT molecular complexity index is 853. The van der Waals surface area contributed by atoms with Crippen molar-refractivity contribution in [1.82, 2.24) is 4.98 Å². The van der Waals surface area contributed by atoms with Crippen LogP contribution in [0.2, 0.25) is 0 Å². The first-order valence-corrected chi connectivity index (χ1v) is 9.83. The second-order valence-corrected chi connectivity index (χ2v) is 7.21. The molecule has 0 spiro atoms. The molecule has 2 aromatic rings. The first kappa shape index (κ1) is 22.3. The van der Waals surface area contributed by atoms with E-state index in [9.17, 15) is 14.4 Å². The number of carbonyl (C=O) groups is 3. The van der Waals surface area contributed by atoms with E-state index in [4.69, 9.17) is 9.47 Å². The average molecular weight is 420 g/mol. The van der Waals surface area contributed by atoms with Crippen LogP contribution in [0.1, 0.15) is 19.5 Å². The number of rotatable bonds is 9. The van der Waals surface area contributed by atoms with Gasteiger partial charge in [-0.25, -0.2) is 9.78 Å². The van der Waals surface area contributed by atoms with Crippen LogP contribution in [-0.4, -0.2) is 43.2 Å². The molecule has 0 bridgehead atoms. The van der Waals surface area contributed by atoms with Crippen molar-refractivity contribution in [1.29, 1.82) is 0 Å². The maximum Gasteiger partial charge on any atom is 0.411 e. The van der Waals surface area contributed by atoms with Gasteiger partial charge in [0.05, 0.1) is 18.7 Å². The Hall–Kier alpha value is -2.98. The van der Waals surface area contributed by atoms with Crippen LogP contribution in [0.5, 0.6) is 0 Å². The predicted octanol–water partition coefficient (Wildman–Crippen LogP) is 3.11. The normalized spacial score (nSPS) is 10.5. The summed E-state index contributed by atoms with van der Waals surface area (Å²) in [5.41, 5.74) is 1.56. The fourth-order valence-corrected chi connectivity index (χ4v) is 2.82. The van der Waals surface area contributed by atoms with Crippen molar-refractivity contribution in [2.24, 2.45) is 5.92 Å². The summed E-state index contributed by atoms with van der Waals surface area (Å²) in [6.07, 6.45) is -0.547. The lowest BCUT2D eigenvalue weighted by Crippen LogP contribution is -2.18. The molecule has 3 amide bonds. The van der Waals surface area contributed by atoms with Crippen LogP contribution < -0.4 is 16.0 Å². The molecule has 1 heterocycles. The van der Waals surface area contributed by atoms with E-state index >= 15 is 0 Å². The van der Waals surface area contributed by atoms with Gasteiger partial charge in [-0.3, -0.25) is 14.9 Å². The van der Waals surface area contributed by atoms with E-state index in [1.165, 1.54) is 18.4 Å². The van der Waals surface area contributed by atoms with Gasteiger partial charge in [-0.2, -0.15) is 0 Å². The molecular formula is C19H24N4O5S. The van der Waals surface area contributed by atoms with E-state index in [0.717, 1.165) is 0 Å². The summed E-state index contributed by atoms with van der Waals surface area (Å²) >= 11 is 1.27. The lowest BCUT2D eigenvalue weighted by atomic mass is 10.2. The molecule has 0 radical (unpaired) electrons. The van der Waals surface area contributed by atoms with Crippen molar-refractivity contribution < 1.29 is 23.9 Å². The zero-order valence-electron chi connectivity index (χ0n) is 16.5. The molecule has 9 nitrogen and oxygen atoms in total. The largest absolute Gasteiger partial charge is 0.447 e. The number of aromatic nitrogens is 1. The Morgan fingerprint density at radius 2 is 1.83 bits per heavy atom. The van der Waals surface area contributed by atoms with Crippen LogP contribution in [0.4, 0.5) is 21.3 Å². The Balaban J connectivity index is 1.87. The Morgan fingerprint density at radius 3 is 2.52 bits per heavy atom. The van der Waals surface area contributed by atoms with E-state index in [0.29, 0.717) is 28.8 Å². The Morgan fingerprint density at radius 1 is 1.10 bits per heavy atom. The number of ether oxygens (including phenoxy) is 2. The van der Waals surface area contributed by atoms with Gasteiger partial charge in [0.2, 0.25) is 11.8 Å². The molecule has 2 rings (SSSR count). The molecule has 156 valence electrons. The maximum atomic E-state index is 12.3. The van der Waals surface area contributed by atoms with Gasteiger partial charge in [0.1, 0.15) is 6.61 Å². The van der Waals surface area contributed by atoms with Crippen molar-refractivity contribution in [3.63, 3.8) is 0 Å². The van der Waals surface area contributed by atoms with Crippen molar-refractivity contribution in [2.45, 2.75) is 20.3 Å². The van der Waals surface area contributed by atoms with Gasteiger partial charge in [0.15, 0.2) is 5.13 Å². The molecule has 0 unspecified atom stereocenters. The SMILES string of the molecule is COCCOC(=O)Nc1cccc(NC(=O)Cc2csc(NC(=O)C(C)C)n2)c1. The molecular weight excluding hydrogens is 396 g/mol. The molecule has 29 heavy (non-hydrogen) atoms. The van der Waals surface area contributed by atoms with Crippen LogP contribution >= 0.6 is 11.3 Å².